The van der Waals surface area contributed by atoms with E-state index in [0.717, 1.165) is 11.8 Å². The zero-order valence-electron chi connectivity index (χ0n) is 14.3. The highest BCUT2D eigenvalue weighted by molar-refractivity contribution is 4.55. The standard InChI is InChI=1S/C19H40/c1-5-7-15-19(4)17-14-12-10-8-9-11-13-16-18(3)6-2/h18-19H,5-17H2,1-4H3/t18-,19-/m0/s1. The molecule has 0 rings (SSSR count). The minimum Gasteiger partial charge on any atom is -0.0654 e. The van der Waals surface area contributed by atoms with Crippen LogP contribution in [0.15, 0.2) is 0 Å². The second-order valence-corrected chi connectivity index (χ2v) is 6.81. The molecule has 0 radical (unpaired) electrons. The van der Waals surface area contributed by atoms with Crippen LogP contribution in [0.25, 0.3) is 0 Å². The molecule has 0 aliphatic heterocycles. The SMILES string of the molecule is CCCC[C@H](C)CCCCCCCCC[C@@H](C)CC. The maximum Gasteiger partial charge on any atom is -0.0443 e. The molecule has 0 nitrogen and oxygen atoms in total. The normalized spacial score (nSPS) is 14.5. The average Bonchev–Trinajstić information content (AvgIpc) is 2.42. The fraction of sp³-hybridized carbons (Fsp3) is 1.00. The fourth-order valence-corrected chi connectivity index (χ4v) is 2.77. The van der Waals surface area contributed by atoms with Crippen LogP contribution >= 0.6 is 0 Å². The summed E-state index contributed by atoms with van der Waals surface area (Å²) in [5.74, 6) is 1.92. The van der Waals surface area contributed by atoms with Gasteiger partial charge in [-0.25, -0.2) is 0 Å². The van der Waals surface area contributed by atoms with Crippen molar-refractivity contribution in [2.45, 2.75) is 111 Å². The Hall–Kier alpha value is 0. The molecule has 0 aromatic heterocycles. The van der Waals surface area contributed by atoms with Crippen LogP contribution in [0.2, 0.25) is 0 Å². The van der Waals surface area contributed by atoms with E-state index in [1.807, 2.05) is 0 Å². The van der Waals surface area contributed by atoms with Gasteiger partial charge in [0, 0.05) is 0 Å². The highest BCUT2D eigenvalue weighted by Gasteiger charge is 2.01. The Morgan fingerprint density at radius 1 is 0.526 bits per heavy atom. The van der Waals surface area contributed by atoms with Gasteiger partial charge < -0.3 is 0 Å². The molecule has 19 heavy (non-hydrogen) atoms. The summed E-state index contributed by atoms with van der Waals surface area (Å²) < 4.78 is 0. The lowest BCUT2D eigenvalue weighted by Gasteiger charge is -2.10. The van der Waals surface area contributed by atoms with Gasteiger partial charge in [-0.05, 0) is 11.8 Å². The lowest BCUT2D eigenvalue weighted by atomic mass is 9.96. The van der Waals surface area contributed by atoms with E-state index in [-0.39, 0.29) is 0 Å². The van der Waals surface area contributed by atoms with Gasteiger partial charge in [0.2, 0.25) is 0 Å². The quantitative estimate of drug-likeness (QED) is 0.288. The van der Waals surface area contributed by atoms with Crippen molar-refractivity contribution in [3.63, 3.8) is 0 Å². The lowest BCUT2D eigenvalue weighted by molar-refractivity contribution is 0.437. The molecule has 0 amide bonds. The van der Waals surface area contributed by atoms with Crippen molar-refractivity contribution < 1.29 is 0 Å². The molecule has 0 spiro atoms. The summed E-state index contributed by atoms with van der Waals surface area (Å²) in [6.45, 7) is 9.43. The van der Waals surface area contributed by atoms with E-state index in [0.29, 0.717) is 0 Å². The van der Waals surface area contributed by atoms with Crippen LogP contribution in [-0.4, -0.2) is 0 Å². The van der Waals surface area contributed by atoms with Gasteiger partial charge >= 0.3 is 0 Å². The molecule has 0 bridgehead atoms. The van der Waals surface area contributed by atoms with Gasteiger partial charge in [-0.3, -0.25) is 0 Å². The Morgan fingerprint density at radius 2 is 0.947 bits per heavy atom. The molecule has 0 aromatic rings. The van der Waals surface area contributed by atoms with Crippen LogP contribution in [0.5, 0.6) is 0 Å². The third kappa shape index (κ3) is 14.2. The van der Waals surface area contributed by atoms with Crippen LogP contribution in [0.3, 0.4) is 0 Å². The molecule has 0 fully saturated rings. The zero-order valence-corrected chi connectivity index (χ0v) is 14.3. The summed E-state index contributed by atoms with van der Waals surface area (Å²) in [6, 6.07) is 0. The first-order valence-electron chi connectivity index (χ1n) is 9.20. The van der Waals surface area contributed by atoms with E-state index < -0.39 is 0 Å². The van der Waals surface area contributed by atoms with Crippen molar-refractivity contribution in [1.82, 2.24) is 0 Å². The molecule has 0 aliphatic carbocycles. The number of hydrogen-bond acceptors (Lipinski definition) is 0. The molecule has 116 valence electrons. The lowest BCUT2D eigenvalue weighted by Crippen LogP contribution is -1.94. The number of hydrogen-bond donors (Lipinski definition) is 0. The van der Waals surface area contributed by atoms with Crippen molar-refractivity contribution in [3.8, 4) is 0 Å². The van der Waals surface area contributed by atoms with Crippen LogP contribution in [0.1, 0.15) is 111 Å². The third-order valence-electron chi connectivity index (χ3n) is 4.64. The summed E-state index contributed by atoms with van der Waals surface area (Å²) in [7, 11) is 0. The Morgan fingerprint density at radius 3 is 1.42 bits per heavy atom. The predicted molar refractivity (Wildman–Crippen MR) is 89.7 cm³/mol. The van der Waals surface area contributed by atoms with Crippen molar-refractivity contribution >= 4 is 0 Å². The van der Waals surface area contributed by atoms with E-state index in [1.54, 1.807) is 0 Å². The van der Waals surface area contributed by atoms with Crippen LogP contribution in [0, 0.1) is 11.8 Å². The molecule has 0 aliphatic rings. The summed E-state index contributed by atoms with van der Waals surface area (Å²) in [6.07, 6.45) is 18.8. The topological polar surface area (TPSA) is 0 Å². The maximum atomic E-state index is 2.44. The van der Waals surface area contributed by atoms with Gasteiger partial charge in [-0.15, -0.1) is 0 Å². The van der Waals surface area contributed by atoms with Gasteiger partial charge in [-0.1, -0.05) is 111 Å². The highest BCUT2D eigenvalue weighted by Crippen LogP contribution is 2.18. The summed E-state index contributed by atoms with van der Waals surface area (Å²) in [5, 5.41) is 0. The Kier molecular flexibility index (Phi) is 14.4. The van der Waals surface area contributed by atoms with Gasteiger partial charge in [0.15, 0.2) is 0 Å². The van der Waals surface area contributed by atoms with Gasteiger partial charge in [0.25, 0.3) is 0 Å². The van der Waals surface area contributed by atoms with Crippen LogP contribution in [-0.2, 0) is 0 Å². The second-order valence-electron chi connectivity index (χ2n) is 6.81. The summed E-state index contributed by atoms with van der Waals surface area (Å²) >= 11 is 0. The van der Waals surface area contributed by atoms with Crippen molar-refractivity contribution in [3.05, 3.63) is 0 Å². The van der Waals surface area contributed by atoms with Gasteiger partial charge in [0.1, 0.15) is 0 Å². The minimum atomic E-state index is 0.949. The number of rotatable bonds is 14. The van der Waals surface area contributed by atoms with E-state index in [1.165, 1.54) is 83.5 Å². The molecule has 0 saturated heterocycles. The number of unbranched alkanes of at least 4 members (excludes halogenated alkanes) is 7. The molecule has 2 atom stereocenters. The molecule has 0 saturated carbocycles. The molecule has 0 heteroatoms. The summed E-state index contributed by atoms with van der Waals surface area (Å²) in [5.41, 5.74) is 0. The second kappa shape index (κ2) is 14.4. The van der Waals surface area contributed by atoms with Gasteiger partial charge in [0.05, 0.1) is 0 Å². The predicted octanol–water partition coefficient (Wildman–Crippen LogP) is 7.37. The molecule has 0 heterocycles. The monoisotopic (exact) mass is 268 g/mol. The van der Waals surface area contributed by atoms with Crippen molar-refractivity contribution in [2.75, 3.05) is 0 Å². The molecule has 0 unspecified atom stereocenters. The van der Waals surface area contributed by atoms with Crippen molar-refractivity contribution in [2.24, 2.45) is 11.8 Å². The first-order chi connectivity index (χ1) is 9.20. The smallest absolute Gasteiger partial charge is 0.0443 e. The Labute approximate surface area is 123 Å². The van der Waals surface area contributed by atoms with Crippen LogP contribution < -0.4 is 0 Å². The summed E-state index contributed by atoms with van der Waals surface area (Å²) in [4.78, 5) is 0. The minimum absolute atomic E-state index is 0.949. The van der Waals surface area contributed by atoms with E-state index in [2.05, 4.69) is 27.7 Å². The first-order valence-corrected chi connectivity index (χ1v) is 9.20. The highest BCUT2D eigenvalue weighted by atomic mass is 14.1. The van der Waals surface area contributed by atoms with Crippen molar-refractivity contribution in [1.29, 1.82) is 0 Å². The Balaban J connectivity index is 3.10. The van der Waals surface area contributed by atoms with E-state index in [9.17, 15) is 0 Å². The molecular weight excluding hydrogens is 228 g/mol. The maximum absolute atomic E-state index is 2.44. The van der Waals surface area contributed by atoms with Gasteiger partial charge in [-0.2, -0.15) is 0 Å². The third-order valence-corrected chi connectivity index (χ3v) is 4.64. The molecule has 0 aromatic carbocycles. The average molecular weight is 269 g/mol. The largest absolute Gasteiger partial charge is 0.0654 e. The fourth-order valence-electron chi connectivity index (χ4n) is 2.77. The van der Waals surface area contributed by atoms with E-state index >= 15 is 0 Å². The zero-order chi connectivity index (χ0) is 14.3. The molecule has 0 N–H and O–H groups in total. The Bertz CT molecular complexity index is 161. The van der Waals surface area contributed by atoms with Crippen LogP contribution in [0.4, 0.5) is 0 Å². The van der Waals surface area contributed by atoms with E-state index in [4.69, 9.17) is 0 Å². The first kappa shape index (κ1) is 19.0. The molecular formula is C19H40.